The van der Waals surface area contributed by atoms with Gasteiger partial charge in [-0.3, -0.25) is 14.6 Å². The maximum atomic E-state index is 11.6. The molecule has 0 unspecified atom stereocenters. The number of guanidine groups is 1. The van der Waals surface area contributed by atoms with Crippen molar-refractivity contribution in [3.05, 3.63) is 102 Å². The average molecular weight is 666 g/mol. The molecule has 0 radical (unpaired) electrons. The van der Waals surface area contributed by atoms with Crippen molar-refractivity contribution in [2.75, 3.05) is 20.1 Å². The van der Waals surface area contributed by atoms with E-state index < -0.39 is 5.91 Å². The third-order valence-corrected chi connectivity index (χ3v) is 6.43. The molecule has 3 aromatic carbocycles. The van der Waals surface area contributed by atoms with Crippen molar-refractivity contribution >= 4 is 29.2 Å². The van der Waals surface area contributed by atoms with Gasteiger partial charge in [-0.15, -0.1) is 12.3 Å². The number of ether oxygens (including phenoxy) is 1. The SMILES string of the molecule is C#CCC.C/C=C\C(=C/C)CCNC.CCCN=C(N)N.NC(=O)Cn1c(-c2cccc(Oc3ccccc3)c2)nc2cc(C=O)ccc21. The Labute approximate surface area is 291 Å². The molecule has 0 bridgehead atoms. The van der Waals surface area contributed by atoms with Gasteiger partial charge in [0.2, 0.25) is 5.91 Å². The van der Waals surface area contributed by atoms with Crippen LogP contribution in [0.4, 0.5) is 0 Å². The Morgan fingerprint density at radius 1 is 1.02 bits per heavy atom. The third-order valence-electron chi connectivity index (χ3n) is 6.43. The molecule has 1 aromatic heterocycles. The van der Waals surface area contributed by atoms with Gasteiger partial charge >= 0.3 is 0 Å². The first-order valence-electron chi connectivity index (χ1n) is 16.2. The van der Waals surface area contributed by atoms with E-state index in [0.29, 0.717) is 22.7 Å². The van der Waals surface area contributed by atoms with E-state index in [-0.39, 0.29) is 12.5 Å². The minimum Gasteiger partial charge on any atom is -0.457 e. The Balaban J connectivity index is 0.000000470. The summed E-state index contributed by atoms with van der Waals surface area (Å²) in [4.78, 5) is 31.0. The first-order chi connectivity index (χ1) is 23.7. The Kier molecular flexibility index (Phi) is 20.7. The van der Waals surface area contributed by atoms with E-state index >= 15 is 0 Å². The number of carbonyl (C=O) groups is 2. The maximum absolute atomic E-state index is 11.6. The van der Waals surface area contributed by atoms with Crippen LogP contribution in [0.3, 0.4) is 0 Å². The molecule has 4 rings (SSSR count). The summed E-state index contributed by atoms with van der Waals surface area (Å²) >= 11 is 0. The fraction of sp³-hybridized carbons (Fsp3) is 0.282. The number of aliphatic imine (C=N–C) groups is 1. The molecule has 0 fully saturated rings. The molecule has 0 saturated heterocycles. The molecule has 0 saturated carbocycles. The number of rotatable bonds is 12. The highest BCUT2D eigenvalue weighted by Gasteiger charge is 2.15. The van der Waals surface area contributed by atoms with Crippen molar-refractivity contribution in [2.24, 2.45) is 22.2 Å². The lowest BCUT2D eigenvalue weighted by Gasteiger charge is -2.09. The topological polar surface area (TPSA) is 164 Å². The standard InChI is InChI=1S/C22H17N3O3.C9H17N.C4H11N3.C4H6/c23-21(27)13-25-20-10-9-15(14-26)11-19(20)24-22(25)16-5-4-8-18(12-16)28-17-6-2-1-3-7-17;1-4-6-9(5-2)7-8-10-3;1-2-3-7-4(5)6;1-3-4-2/h1-12,14H,13H2,(H2,23,27);4-6,10H,7-8H2,1-3H3;2-3H2,1H3,(H4,5,6,7);1H,4H2,2H3/b;6-4-,9-5+;;. The highest BCUT2D eigenvalue weighted by molar-refractivity contribution is 5.88. The van der Waals surface area contributed by atoms with Crippen LogP contribution in [0.5, 0.6) is 11.5 Å². The van der Waals surface area contributed by atoms with Crippen LogP contribution in [0.15, 0.2) is 102 Å². The quantitative estimate of drug-likeness (QED) is 0.0435. The van der Waals surface area contributed by atoms with Crippen LogP contribution in [-0.4, -0.2) is 47.8 Å². The van der Waals surface area contributed by atoms with Crippen LogP contribution < -0.4 is 27.3 Å². The number of aldehydes is 1. The van der Waals surface area contributed by atoms with Gasteiger partial charge in [0.05, 0.1) is 11.0 Å². The first-order valence-corrected chi connectivity index (χ1v) is 16.2. The zero-order valence-corrected chi connectivity index (χ0v) is 29.4. The van der Waals surface area contributed by atoms with Crippen molar-refractivity contribution < 1.29 is 14.3 Å². The molecule has 0 spiro atoms. The number of nitrogens with one attached hydrogen (secondary N) is 1. The second kappa shape index (κ2) is 24.5. The molecule has 0 aliphatic rings. The zero-order chi connectivity index (χ0) is 36.4. The lowest BCUT2D eigenvalue weighted by Crippen LogP contribution is -2.22. The van der Waals surface area contributed by atoms with Crippen molar-refractivity contribution in [1.82, 2.24) is 14.9 Å². The zero-order valence-electron chi connectivity index (χ0n) is 29.4. The van der Waals surface area contributed by atoms with Gasteiger partial charge < -0.3 is 31.8 Å². The molecule has 10 heteroatoms. The summed E-state index contributed by atoms with van der Waals surface area (Å²) in [6, 6.07) is 22.1. The molecule has 7 N–H and O–H groups in total. The van der Waals surface area contributed by atoms with E-state index in [9.17, 15) is 9.59 Å². The van der Waals surface area contributed by atoms with Gasteiger partial charge in [0.25, 0.3) is 0 Å². The smallest absolute Gasteiger partial charge is 0.237 e. The van der Waals surface area contributed by atoms with E-state index in [1.807, 2.05) is 82.4 Å². The molecule has 260 valence electrons. The fourth-order valence-corrected chi connectivity index (χ4v) is 4.13. The molecule has 0 atom stereocenters. The highest BCUT2D eigenvalue weighted by Crippen LogP contribution is 2.29. The number of hydrogen-bond donors (Lipinski definition) is 4. The first kappa shape index (κ1) is 41.4. The summed E-state index contributed by atoms with van der Waals surface area (Å²) in [6.07, 6.45) is 14.9. The number of fused-ring (bicyclic) bond motifs is 1. The largest absolute Gasteiger partial charge is 0.457 e. The van der Waals surface area contributed by atoms with Crippen LogP contribution in [0.1, 0.15) is 57.3 Å². The molecule has 10 nitrogen and oxygen atoms in total. The summed E-state index contributed by atoms with van der Waals surface area (Å²) in [7, 11) is 1.98. The Morgan fingerprint density at radius 2 is 1.71 bits per heavy atom. The number of amides is 1. The summed E-state index contributed by atoms with van der Waals surface area (Å²) in [5, 5.41) is 3.12. The number of benzene rings is 3. The van der Waals surface area contributed by atoms with Gasteiger partial charge in [0.1, 0.15) is 30.2 Å². The second-order valence-corrected chi connectivity index (χ2v) is 10.4. The number of aromatic nitrogens is 2. The monoisotopic (exact) mass is 665 g/mol. The molecule has 4 aromatic rings. The van der Waals surface area contributed by atoms with Gasteiger partial charge in [-0.25, -0.2) is 4.98 Å². The molecule has 0 aliphatic carbocycles. The van der Waals surface area contributed by atoms with Crippen molar-refractivity contribution in [3.63, 3.8) is 0 Å². The number of primary amides is 1. The minimum absolute atomic E-state index is 0.0178. The number of para-hydroxylation sites is 1. The summed E-state index contributed by atoms with van der Waals surface area (Å²) in [5.74, 6) is 4.09. The summed E-state index contributed by atoms with van der Waals surface area (Å²) in [5.41, 5.74) is 19.5. The fourth-order valence-electron chi connectivity index (χ4n) is 4.13. The van der Waals surface area contributed by atoms with Gasteiger partial charge in [-0.05, 0) is 82.7 Å². The van der Waals surface area contributed by atoms with E-state index in [1.54, 1.807) is 22.8 Å². The van der Waals surface area contributed by atoms with Gasteiger partial charge in [0, 0.05) is 24.1 Å². The van der Waals surface area contributed by atoms with Gasteiger partial charge in [0.15, 0.2) is 5.96 Å². The Hall–Kier alpha value is -5.66. The lowest BCUT2D eigenvalue weighted by atomic mass is 10.1. The summed E-state index contributed by atoms with van der Waals surface area (Å²) < 4.78 is 7.64. The number of carbonyl (C=O) groups excluding carboxylic acids is 2. The minimum atomic E-state index is -0.475. The maximum Gasteiger partial charge on any atom is 0.237 e. The van der Waals surface area contributed by atoms with Crippen molar-refractivity contribution in [1.29, 1.82) is 0 Å². The number of nitrogens with zero attached hydrogens (tertiary/aromatic N) is 3. The van der Waals surface area contributed by atoms with E-state index in [2.05, 4.69) is 46.4 Å². The number of imidazole rings is 1. The highest BCUT2D eigenvalue weighted by atomic mass is 16.5. The van der Waals surface area contributed by atoms with Crippen LogP contribution in [-0.2, 0) is 11.3 Å². The number of terminal acetylenes is 1. The number of nitrogens with two attached hydrogens (primary N) is 3. The normalized spacial score (nSPS) is 10.3. The van der Waals surface area contributed by atoms with Crippen LogP contribution in [0, 0.1) is 12.3 Å². The predicted octanol–water partition coefficient (Wildman–Crippen LogP) is 6.61. The third kappa shape index (κ3) is 16.1. The van der Waals surface area contributed by atoms with Crippen molar-refractivity contribution in [3.8, 4) is 35.2 Å². The number of allylic oxidation sites excluding steroid dienone is 3. The molecular formula is C39H51N7O3. The van der Waals surface area contributed by atoms with E-state index in [4.69, 9.17) is 28.4 Å². The molecular weight excluding hydrogens is 614 g/mol. The van der Waals surface area contributed by atoms with Gasteiger partial charge in [-0.1, -0.05) is 68.0 Å². The van der Waals surface area contributed by atoms with Crippen molar-refractivity contribution in [2.45, 2.75) is 53.5 Å². The molecule has 1 heterocycles. The van der Waals surface area contributed by atoms with Crippen LogP contribution >= 0.6 is 0 Å². The van der Waals surface area contributed by atoms with Gasteiger partial charge in [-0.2, -0.15) is 0 Å². The molecule has 49 heavy (non-hydrogen) atoms. The Morgan fingerprint density at radius 3 is 2.24 bits per heavy atom. The summed E-state index contributed by atoms with van der Waals surface area (Å²) in [6.45, 7) is 9.86. The van der Waals surface area contributed by atoms with Crippen LogP contribution in [0.25, 0.3) is 22.4 Å². The second-order valence-electron chi connectivity index (χ2n) is 10.4. The van der Waals surface area contributed by atoms with Crippen LogP contribution in [0.2, 0.25) is 0 Å². The molecule has 0 aliphatic heterocycles. The number of hydrogen-bond acceptors (Lipinski definition) is 6. The average Bonchev–Trinajstić information content (AvgIpc) is 3.47. The Bertz CT molecular complexity index is 1700. The predicted molar refractivity (Wildman–Crippen MR) is 203 cm³/mol. The van der Waals surface area contributed by atoms with E-state index in [0.717, 1.165) is 55.5 Å². The lowest BCUT2D eigenvalue weighted by molar-refractivity contribution is -0.118. The van der Waals surface area contributed by atoms with E-state index in [1.165, 1.54) is 5.57 Å². The molecule has 1 amide bonds.